The fourth-order valence-electron chi connectivity index (χ4n) is 2.38. The van der Waals surface area contributed by atoms with Crippen molar-refractivity contribution in [2.75, 3.05) is 0 Å². The zero-order valence-electron chi connectivity index (χ0n) is 10.8. The Morgan fingerprint density at radius 2 is 1.57 bits per heavy atom. The molecular weight excluding hydrogens is 168 g/mol. The Balaban J connectivity index is 2.23. The summed E-state index contributed by atoms with van der Waals surface area (Å²) in [6.07, 6.45) is 8.70. The fraction of sp³-hybridized carbons (Fsp3) is 1.00. The van der Waals surface area contributed by atoms with Crippen LogP contribution in [0.5, 0.6) is 0 Å². The molecule has 0 heteroatoms. The van der Waals surface area contributed by atoms with Crippen LogP contribution in [0.25, 0.3) is 0 Å². The van der Waals surface area contributed by atoms with E-state index in [1.165, 1.54) is 38.5 Å². The van der Waals surface area contributed by atoms with Gasteiger partial charge in [0, 0.05) is 0 Å². The smallest absolute Gasteiger partial charge is 0.0354 e. The van der Waals surface area contributed by atoms with Crippen molar-refractivity contribution in [2.24, 2.45) is 16.7 Å². The molecule has 1 aliphatic carbocycles. The van der Waals surface area contributed by atoms with E-state index in [1.54, 1.807) is 0 Å². The molecule has 0 aromatic rings. The lowest BCUT2D eigenvalue weighted by Gasteiger charge is -2.35. The lowest BCUT2D eigenvalue weighted by Crippen LogP contribution is -2.22. The van der Waals surface area contributed by atoms with Gasteiger partial charge in [-0.2, -0.15) is 0 Å². The molecule has 0 radical (unpaired) electrons. The van der Waals surface area contributed by atoms with Crippen molar-refractivity contribution in [3.05, 3.63) is 0 Å². The number of rotatable bonds is 2. The number of hydrogen-bond donors (Lipinski definition) is 0. The minimum absolute atomic E-state index is 0.535. The van der Waals surface area contributed by atoms with E-state index in [9.17, 15) is 0 Å². The molecule has 0 amide bonds. The van der Waals surface area contributed by atoms with Crippen LogP contribution in [0.1, 0.15) is 73.1 Å². The molecule has 0 unspecified atom stereocenters. The average Bonchev–Trinajstić information content (AvgIpc) is 2.01. The van der Waals surface area contributed by atoms with Crippen LogP contribution in [-0.2, 0) is 0 Å². The van der Waals surface area contributed by atoms with E-state index in [4.69, 9.17) is 0 Å². The van der Waals surface area contributed by atoms with E-state index in [1.807, 2.05) is 0 Å². The van der Waals surface area contributed by atoms with Gasteiger partial charge in [-0.25, -0.2) is 0 Å². The van der Waals surface area contributed by atoms with Crippen LogP contribution < -0.4 is 0 Å². The van der Waals surface area contributed by atoms with Crippen molar-refractivity contribution in [3.63, 3.8) is 0 Å². The lowest BCUT2D eigenvalue weighted by molar-refractivity contribution is 0.172. The standard InChI is InChI=1S/C14H28/c1-13(2,3)9-6-12-7-10-14(4,5)11-8-12/h12H,6-11H2,1-5H3. The molecule has 0 spiro atoms. The zero-order chi connectivity index (χ0) is 10.8. The quantitative estimate of drug-likeness (QED) is 0.581. The predicted molar refractivity (Wildman–Crippen MR) is 64.4 cm³/mol. The second-order valence-corrected chi connectivity index (χ2v) is 7.21. The Kier molecular flexibility index (Phi) is 3.66. The van der Waals surface area contributed by atoms with Gasteiger partial charge >= 0.3 is 0 Å². The molecule has 1 aliphatic rings. The van der Waals surface area contributed by atoms with Gasteiger partial charge in [-0.1, -0.05) is 34.6 Å². The second-order valence-electron chi connectivity index (χ2n) is 7.21. The topological polar surface area (TPSA) is 0 Å². The van der Waals surface area contributed by atoms with Crippen LogP contribution in [0.2, 0.25) is 0 Å². The molecule has 0 nitrogen and oxygen atoms in total. The normalized spacial score (nSPS) is 23.8. The van der Waals surface area contributed by atoms with Crippen LogP contribution in [0.3, 0.4) is 0 Å². The summed E-state index contributed by atoms with van der Waals surface area (Å²) < 4.78 is 0. The fourth-order valence-corrected chi connectivity index (χ4v) is 2.38. The molecule has 1 fully saturated rings. The molecule has 0 aromatic carbocycles. The number of hydrogen-bond acceptors (Lipinski definition) is 0. The molecule has 0 bridgehead atoms. The van der Waals surface area contributed by atoms with Crippen LogP contribution in [0.4, 0.5) is 0 Å². The highest BCUT2D eigenvalue weighted by atomic mass is 14.3. The van der Waals surface area contributed by atoms with E-state index in [-0.39, 0.29) is 0 Å². The van der Waals surface area contributed by atoms with E-state index in [2.05, 4.69) is 34.6 Å². The molecule has 0 saturated heterocycles. The summed E-state index contributed by atoms with van der Waals surface area (Å²) >= 11 is 0. The summed E-state index contributed by atoms with van der Waals surface area (Å²) in [5.74, 6) is 1.03. The van der Waals surface area contributed by atoms with E-state index in [0.29, 0.717) is 10.8 Å². The third-order valence-corrected chi connectivity index (χ3v) is 3.76. The Labute approximate surface area is 90.5 Å². The van der Waals surface area contributed by atoms with Gasteiger partial charge in [-0.05, 0) is 55.3 Å². The second kappa shape index (κ2) is 4.24. The Bertz CT molecular complexity index is 161. The van der Waals surface area contributed by atoms with Crippen LogP contribution >= 0.6 is 0 Å². The Hall–Kier alpha value is 0. The summed E-state index contributed by atoms with van der Waals surface area (Å²) in [4.78, 5) is 0. The van der Waals surface area contributed by atoms with Crippen molar-refractivity contribution in [3.8, 4) is 0 Å². The molecule has 0 aliphatic heterocycles. The maximum Gasteiger partial charge on any atom is -0.0354 e. The summed E-state index contributed by atoms with van der Waals surface area (Å²) in [5, 5.41) is 0. The van der Waals surface area contributed by atoms with Crippen LogP contribution in [0.15, 0.2) is 0 Å². The van der Waals surface area contributed by atoms with Crippen molar-refractivity contribution < 1.29 is 0 Å². The first kappa shape index (κ1) is 12.1. The zero-order valence-corrected chi connectivity index (χ0v) is 10.8. The molecule has 0 heterocycles. The summed E-state index contributed by atoms with van der Waals surface area (Å²) in [5.41, 5.74) is 1.17. The molecule has 0 N–H and O–H groups in total. The van der Waals surface area contributed by atoms with E-state index < -0.39 is 0 Å². The van der Waals surface area contributed by atoms with E-state index in [0.717, 1.165) is 5.92 Å². The van der Waals surface area contributed by atoms with Crippen LogP contribution in [-0.4, -0.2) is 0 Å². The molecular formula is C14H28. The highest BCUT2D eigenvalue weighted by Gasteiger charge is 2.27. The van der Waals surface area contributed by atoms with Gasteiger partial charge in [0.2, 0.25) is 0 Å². The van der Waals surface area contributed by atoms with Gasteiger partial charge in [-0.3, -0.25) is 0 Å². The maximum absolute atomic E-state index is 2.42. The monoisotopic (exact) mass is 196 g/mol. The van der Waals surface area contributed by atoms with Gasteiger partial charge < -0.3 is 0 Å². The largest absolute Gasteiger partial charge is 0.0602 e. The molecule has 0 aromatic heterocycles. The third-order valence-electron chi connectivity index (χ3n) is 3.76. The lowest BCUT2D eigenvalue weighted by atomic mass is 9.71. The first-order valence-corrected chi connectivity index (χ1v) is 6.29. The molecule has 0 atom stereocenters. The van der Waals surface area contributed by atoms with Crippen molar-refractivity contribution in [1.29, 1.82) is 0 Å². The highest BCUT2D eigenvalue weighted by Crippen LogP contribution is 2.40. The van der Waals surface area contributed by atoms with Crippen LogP contribution in [0, 0.1) is 16.7 Å². The summed E-state index contributed by atoms with van der Waals surface area (Å²) in [7, 11) is 0. The van der Waals surface area contributed by atoms with Crippen molar-refractivity contribution in [2.45, 2.75) is 73.1 Å². The van der Waals surface area contributed by atoms with E-state index >= 15 is 0 Å². The van der Waals surface area contributed by atoms with Gasteiger partial charge in [0.05, 0.1) is 0 Å². The average molecular weight is 196 g/mol. The van der Waals surface area contributed by atoms with Crippen molar-refractivity contribution in [1.82, 2.24) is 0 Å². The van der Waals surface area contributed by atoms with Gasteiger partial charge in [0.1, 0.15) is 0 Å². The minimum atomic E-state index is 0.535. The third kappa shape index (κ3) is 4.48. The van der Waals surface area contributed by atoms with Gasteiger partial charge in [-0.15, -0.1) is 0 Å². The molecule has 1 saturated carbocycles. The predicted octanol–water partition coefficient (Wildman–Crippen LogP) is 5.03. The molecule has 14 heavy (non-hydrogen) atoms. The first-order chi connectivity index (χ1) is 6.29. The SMILES string of the molecule is CC(C)(C)CCC1CCC(C)(C)CC1. The van der Waals surface area contributed by atoms with Gasteiger partial charge in [0.15, 0.2) is 0 Å². The highest BCUT2D eigenvalue weighted by molar-refractivity contribution is 4.79. The van der Waals surface area contributed by atoms with Gasteiger partial charge in [0.25, 0.3) is 0 Å². The summed E-state index contributed by atoms with van der Waals surface area (Å²) in [6, 6.07) is 0. The molecule has 1 rings (SSSR count). The Morgan fingerprint density at radius 3 is 2.00 bits per heavy atom. The first-order valence-electron chi connectivity index (χ1n) is 6.29. The maximum atomic E-state index is 2.42. The minimum Gasteiger partial charge on any atom is -0.0602 e. The molecule has 84 valence electrons. The Morgan fingerprint density at radius 1 is 1.07 bits per heavy atom. The summed E-state index contributed by atoms with van der Waals surface area (Å²) in [6.45, 7) is 11.9. The van der Waals surface area contributed by atoms with Crippen molar-refractivity contribution >= 4 is 0 Å².